The number of unbranched alkanes of at least 4 members (excludes halogenated alkanes) is 6. The van der Waals surface area contributed by atoms with Crippen LogP contribution in [0.15, 0.2) is 12.2 Å². The molecule has 0 aliphatic rings. The van der Waals surface area contributed by atoms with Gasteiger partial charge in [0.2, 0.25) is 0 Å². The van der Waals surface area contributed by atoms with Crippen molar-refractivity contribution in [2.24, 2.45) is 0 Å². The Morgan fingerprint density at radius 3 is 2.33 bits per heavy atom. The number of allylic oxidation sites excluding steroid dienone is 2. The maximum Gasteiger partial charge on any atom is 0.00922 e. The third-order valence-corrected chi connectivity index (χ3v) is 2.79. The van der Waals surface area contributed by atoms with Crippen LogP contribution in [0.3, 0.4) is 0 Å². The van der Waals surface area contributed by atoms with Crippen LogP contribution >= 0.6 is 15.9 Å². The molecule has 0 aromatic carbocycles. The minimum atomic E-state index is 1.06. The fraction of sp³-hybridized carbons (Fsp3) is 0.714. The summed E-state index contributed by atoms with van der Waals surface area (Å²) >= 11 is 3.45. The molecule has 0 amide bonds. The minimum absolute atomic E-state index is 1.06. The second-order valence-corrected chi connectivity index (χ2v) is 4.49. The van der Waals surface area contributed by atoms with Gasteiger partial charge in [0.15, 0.2) is 0 Å². The molecule has 0 spiro atoms. The van der Waals surface area contributed by atoms with Gasteiger partial charge >= 0.3 is 0 Å². The van der Waals surface area contributed by atoms with Crippen LogP contribution in [0.1, 0.15) is 58.3 Å². The van der Waals surface area contributed by atoms with Gasteiger partial charge in [0.1, 0.15) is 0 Å². The summed E-state index contributed by atoms with van der Waals surface area (Å²) in [4.78, 5) is 0. The van der Waals surface area contributed by atoms with E-state index in [1.54, 1.807) is 0 Å². The smallest absolute Gasteiger partial charge is 0.00922 e. The van der Waals surface area contributed by atoms with Crippen molar-refractivity contribution in [2.45, 2.75) is 58.3 Å². The third kappa shape index (κ3) is 13.8. The summed E-state index contributed by atoms with van der Waals surface area (Å²) in [5.41, 5.74) is 0. The van der Waals surface area contributed by atoms with Crippen molar-refractivity contribution in [3.05, 3.63) is 12.2 Å². The average molecular weight is 271 g/mol. The van der Waals surface area contributed by atoms with Crippen molar-refractivity contribution < 1.29 is 0 Å². The molecule has 0 fully saturated rings. The van der Waals surface area contributed by atoms with E-state index in [-0.39, 0.29) is 0 Å². The summed E-state index contributed by atoms with van der Waals surface area (Å²) in [6.07, 6.45) is 14.3. The molecule has 0 aromatic heterocycles. The molecule has 0 nitrogen and oxygen atoms in total. The highest BCUT2D eigenvalue weighted by molar-refractivity contribution is 9.09. The van der Waals surface area contributed by atoms with Crippen molar-refractivity contribution in [1.29, 1.82) is 0 Å². The van der Waals surface area contributed by atoms with Gasteiger partial charge in [-0.1, -0.05) is 66.5 Å². The average Bonchev–Trinajstić information content (AvgIpc) is 2.26. The predicted molar refractivity (Wildman–Crippen MR) is 73.3 cm³/mol. The van der Waals surface area contributed by atoms with Crippen LogP contribution in [0.5, 0.6) is 0 Å². The zero-order valence-corrected chi connectivity index (χ0v) is 11.5. The maximum absolute atomic E-state index is 3.45. The Labute approximate surface area is 104 Å². The van der Waals surface area contributed by atoms with Crippen molar-refractivity contribution in [3.8, 4) is 11.8 Å². The van der Waals surface area contributed by atoms with E-state index in [2.05, 4.69) is 40.8 Å². The SMILES string of the molecule is CCC=CC#CCCCCCCCCBr. The standard InChI is InChI=1S/C14H23Br/c1-2-3-4-5-6-7-8-9-10-11-12-13-14-15/h3-4H,2,7-14H2,1H3. The number of rotatable bonds is 8. The van der Waals surface area contributed by atoms with Crippen molar-refractivity contribution in [2.75, 3.05) is 5.33 Å². The van der Waals surface area contributed by atoms with E-state index >= 15 is 0 Å². The first-order chi connectivity index (χ1) is 7.41. The summed E-state index contributed by atoms with van der Waals surface area (Å²) in [5, 5.41) is 1.15. The van der Waals surface area contributed by atoms with Gasteiger partial charge < -0.3 is 0 Å². The fourth-order valence-corrected chi connectivity index (χ4v) is 1.72. The summed E-state index contributed by atoms with van der Waals surface area (Å²) < 4.78 is 0. The highest BCUT2D eigenvalue weighted by Gasteiger charge is 1.89. The Balaban J connectivity index is 3.09. The van der Waals surface area contributed by atoms with E-state index in [0.29, 0.717) is 0 Å². The van der Waals surface area contributed by atoms with E-state index in [1.165, 1.54) is 38.5 Å². The molecular formula is C14H23Br. The van der Waals surface area contributed by atoms with Crippen LogP contribution in [0.25, 0.3) is 0 Å². The van der Waals surface area contributed by atoms with Crippen LogP contribution < -0.4 is 0 Å². The van der Waals surface area contributed by atoms with Crippen molar-refractivity contribution >= 4 is 15.9 Å². The normalized spacial score (nSPS) is 10.3. The summed E-state index contributed by atoms with van der Waals surface area (Å²) in [7, 11) is 0. The van der Waals surface area contributed by atoms with Gasteiger partial charge in [-0.25, -0.2) is 0 Å². The quantitative estimate of drug-likeness (QED) is 0.328. The van der Waals surface area contributed by atoms with E-state index in [9.17, 15) is 0 Å². The largest absolute Gasteiger partial charge is 0.0985 e. The lowest BCUT2D eigenvalue weighted by Gasteiger charge is -1.97. The minimum Gasteiger partial charge on any atom is -0.0985 e. The van der Waals surface area contributed by atoms with Crippen LogP contribution in [-0.2, 0) is 0 Å². The summed E-state index contributed by atoms with van der Waals surface area (Å²) in [6.45, 7) is 2.13. The lowest BCUT2D eigenvalue weighted by Crippen LogP contribution is -1.80. The van der Waals surface area contributed by atoms with Gasteiger partial charge in [0.25, 0.3) is 0 Å². The molecule has 0 atom stereocenters. The molecule has 0 saturated carbocycles. The highest BCUT2D eigenvalue weighted by Crippen LogP contribution is 2.07. The van der Waals surface area contributed by atoms with Crippen molar-refractivity contribution in [1.82, 2.24) is 0 Å². The summed E-state index contributed by atoms with van der Waals surface area (Å²) in [5.74, 6) is 6.24. The Hall–Kier alpha value is -0.220. The van der Waals surface area contributed by atoms with Crippen LogP contribution in [0.4, 0.5) is 0 Å². The molecule has 0 N–H and O–H groups in total. The Bertz CT molecular complexity index is 195. The van der Waals surface area contributed by atoms with E-state index in [4.69, 9.17) is 0 Å². The molecular weight excluding hydrogens is 248 g/mol. The number of halogens is 1. The first-order valence-electron chi connectivity index (χ1n) is 6.11. The lowest BCUT2D eigenvalue weighted by atomic mass is 10.1. The number of hydrogen-bond donors (Lipinski definition) is 0. The van der Waals surface area contributed by atoms with E-state index in [0.717, 1.165) is 18.2 Å². The van der Waals surface area contributed by atoms with E-state index < -0.39 is 0 Å². The van der Waals surface area contributed by atoms with Gasteiger partial charge in [-0.15, -0.1) is 0 Å². The van der Waals surface area contributed by atoms with Gasteiger partial charge in [0, 0.05) is 11.8 Å². The Morgan fingerprint density at radius 2 is 1.67 bits per heavy atom. The molecule has 0 aliphatic carbocycles. The molecule has 0 bridgehead atoms. The molecule has 0 rings (SSSR count). The first-order valence-corrected chi connectivity index (χ1v) is 7.23. The molecule has 15 heavy (non-hydrogen) atoms. The summed E-state index contributed by atoms with van der Waals surface area (Å²) in [6, 6.07) is 0. The Morgan fingerprint density at radius 1 is 1.00 bits per heavy atom. The topological polar surface area (TPSA) is 0 Å². The zero-order chi connectivity index (χ0) is 11.2. The molecule has 0 radical (unpaired) electrons. The molecule has 0 aliphatic heterocycles. The second-order valence-electron chi connectivity index (χ2n) is 3.69. The zero-order valence-electron chi connectivity index (χ0n) is 9.90. The maximum atomic E-state index is 3.45. The molecule has 0 aromatic rings. The Kier molecular flexibility index (Phi) is 13.6. The highest BCUT2D eigenvalue weighted by atomic mass is 79.9. The van der Waals surface area contributed by atoms with Gasteiger partial charge in [-0.3, -0.25) is 0 Å². The number of alkyl halides is 1. The fourth-order valence-electron chi connectivity index (χ4n) is 1.32. The molecule has 86 valence electrons. The van der Waals surface area contributed by atoms with Gasteiger partial charge in [-0.05, 0) is 25.3 Å². The van der Waals surface area contributed by atoms with Crippen LogP contribution in [0, 0.1) is 11.8 Å². The predicted octanol–water partition coefficient (Wildman–Crippen LogP) is 5.08. The van der Waals surface area contributed by atoms with Crippen molar-refractivity contribution in [3.63, 3.8) is 0 Å². The second kappa shape index (κ2) is 13.8. The van der Waals surface area contributed by atoms with Crippen LogP contribution in [-0.4, -0.2) is 5.33 Å². The monoisotopic (exact) mass is 270 g/mol. The third-order valence-electron chi connectivity index (χ3n) is 2.22. The lowest BCUT2D eigenvalue weighted by molar-refractivity contribution is 0.616. The molecule has 1 heteroatoms. The van der Waals surface area contributed by atoms with Gasteiger partial charge in [0.05, 0.1) is 0 Å². The molecule has 0 unspecified atom stereocenters. The molecule has 0 saturated heterocycles. The first kappa shape index (κ1) is 14.8. The van der Waals surface area contributed by atoms with Gasteiger partial charge in [-0.2, -0.15) is 0 Å². The number of hydrogen-bond acceptors (Lipinski definition) is 0. The van der Waals surface area contributed by atoms with Crippen LogP contribution in [0.2, 0.25) is 0 Å². The molecule has 0 heterocycles. The van der Waals surface area contributed by atoms with E-state index in [1.807, 2.05) is 6.08 Å².